The van der Waals surface area contributed by atoms with E-state index in [2.05, 4.69) is 20.5 Å². The summed E-state index contributed by atoms with van der Waals surface area (Å²) in [5, 5.41) is 14.7. The molecule has 0 aliphatic carbocycles. The maximum absolute atomic E-state index is 13.7. The lowest BCUT2D eigenvalue weighted by Gasteiger charge is -2.06. The summed E-state index contributed by atoms with van der Waals surface area (Å²) < 4.78 is 14.6. The molecule has 9 heteroatoms. The molecule has 0 unspecified atom stereocenters. The lowest BCUT2D eigenvalue weighted by molar-refractivity contribution is -0.113. The highest BCUT2D eigenvalue weighted by Crippen LogP contribution is 2.36. The molecule has 1 amide bonds. The van der Waals surface area contributed by atoms with E-state index in [-0.39, 0.29) is 17.3 Å². The molecule has 4 rings (SSSR count). The minimum absolute atomic E-state index is 0.0903. The van der Waals surface area contributed by atoms with E-state index >= 15 is 0 Å². The van der Waals surface area contributed by atoms with Crippen LogP contribution in [-0.4, -0.2) is 26.8 Å². The number of aromatic nitrogens is 3. The summed E-state index contributed by atoms with van der Waals surface area (Å²) in [7, 11) is 0. The van der Waals surface area contributed by atoms with Gasteiger partial charge in [-0.05, 0) is 30.5 Å². The molecule has 0 aliphatic heterocycles. The standard InChI is InChI=1S/C18H13FN4OS3/c1-10-20-16-17(27-10)15(13-7-4-8-25-13)22-23-18(16)26-9-14(24)21-12-6-3-2-5-11(12)19/h2-8H,9H2,1H3,(H,21,24). The molecule has 0 radical (unpaired) electrons. The monoisotopic (exact) mass is 416 g/mol. The summed E-state index contributed by atoms with van der Waals surface area (Å²) >= 11 is 4.40. The molecular weight excluding hydrogens is 403 g/mol. The Bertz CT molecular complexity index is 1110. The SMILES string of the molecule is Cc1nc2c(SCC(=O)Nc3ccccc3F)nnc(-c3cccs3)c2s1. The van der Waals surface area contributed by atoms with Crippen LogP contribution in [0.15, 0.2) is 46.8 Å². The van der Waals surface area contributed by atoms with Crippen molar-refractivity contribution in [3.05, 3.63) is 52.6 Å². The molecule has 3 heterocycles. The fraction of sp³-hybridized carbons (Fsp3) is 0.111. The highest BCUT2D eigenvalue weighted by Gasteiger charge is 2.17. The van der Waals surface area contributed by atoms with Crippen molar-refractivity contribution in [1.82, 2.24) is 15.2 Å². The number of aryl methyl sites for hydroxylation is 1. The van der Waals surface area contributed by atoms with Gasteiger partial charge in [-0.15, -0.1) is 32.9 Å². The number of carbonyl (C=O) groups is 1. The summed E-state index contributed by atoms with van der Waals surface area (Å²) in [6.07, 6.45) is 0. The van der Waals surface area contributed by atoms with Crippen molar-refractivity contribution in [3.8, 4) is 10.6 Å². The van der Waals surface area contributed by atoms with Crippen molar-refractivity contribution >= 4 is 56.2 Å². The second-order valence-electron chi connectivity index (χ2n) is 5.56. The minimum Gasteiger partial charge on any atom is -0.323 e. The van der Waals surface area contributed by atoms with E-state index in [1.54, 1.807) is 34.8 Å². The first-order valence-electron chi connectivity index (χ1n) is 7.96. The summed E-state index contributed by atoms with van der Waals surface area (Å²) in [5.74, 6) is -0.685. The zero-order valence-electron chi connectivity index (χ0n) is 14.1. The van der Waals surface area contributed by atoms with Gasteiger partial charge in [-0.2, -0.15) is 0 Å². The number of fused-ring (bicyclic) bond motifs is 1. The number of hydrogen-bond acceptors (Lipinski definition) is 7. The molecule has 0 spiro atoms. The van der Waals surface area contributed by atoms with Gasteiger partial charge < -0.3 is 5.32 Å². The van der Waals surface area contributed by atoms with Gasteiger partial charge in [0.05, 0.1) is 26.0 Å². The molecule has 1 N–H and O–H groups in total. The second-order valence-corrected chi connectivity index (χ2v) is 8.67. The average Bonchev–Trinajstić information content (AvgIpc) is 3.31. The predicted molar refractivity (Wildman–Crippen MR) is 109 cm³/mol. The third-order valence-corrected chi connectivity index (χ3v) is 6.44. The molecule has 1 aromatic carbocycles. The van der Waals surface area contributed by atoms with E-state index in [1.165, 1.54) is 23.9 Å². The van der Waals surface area contributed by atoms with Crippen LogP contribution in [0.5, 0.6) is 0 Å². The normalized spacial score (nSPS) is 11.0. The van der Waals surface area contributed by atoms with E-state index in [0.29, 0.717) is 5.03 Å². The molecular formula is C18H13FN4OS3. The highest BCUT2D eigenvalue weighted by molar-refractivity contribution is 8.00. The van der Waals surface area contributed by atoms with Crippen LogP contribution in [0, 0.1) is 12.7 Å². The third kappa shape index (κ3) is 3.85. The van der Waals surface area contributed by atoms with Gasteiger partial charge in [0, 0.05) is 0 Å². The number of thioether (sulfide) groups is 1. The number of nitrogens with one attached hydrogen (secondary N) is 1. The summed E-state index contributed by atoms with van der Waals surface area (Å²) in [5.41, 5.74) is 1.72. The van der Waals surface area contributed by atoms with Crippen molar-refractivity contribution in [2.24, 2.45) is 0 Å². The topological polar surface area (TPSA) is 67.8 Å². The van der Waals surface area contributed by atoms with Crippen LogP contribution in [0.25, 0.3) is 20.8 Å². The molecule has 0 saturated heterocycles. The quantitative estimate of drug-likeness (QED) is 0.464. The molecule has 27 heavy (non-hydrogen) atoms. The van der Waals surface area contributed by atoms with E-state index in [4.69, 9.17) is 0 Å². The van der Waals surface area contributed by atoms with Crippen LogP contribution < -0.4 is 5.32 Å². The molecule has 0 fully saturated rings. The van der Waals surface area contributed by atoms with Gasteiger partial charge in [0.1, 0.15) is 22.1 Å². The number of thiazole rings is 1. The van der Waals surface area contributed by atoms with Gasteiger partial charge in [-0.25, -0.2) is 9.37 Å². The highest BCUT2D eigenvalue weighted by atomic mass is 32.2. The van der Waals surface area contributed by atoms with Crippen LogP contribution in [-0.2, 0) is 4.79 Å². The Hall–Kier alpha value is -2.36. The fourth-order valence-corrected chi connectivity index (χ4v) is 4.96. The number of halogens is 1. The van der Waals surface area contributed by atoms with Crippen molar-refractivity contribution in [2.75, 3.05) is 11.1 Å². The number of rotatable bonds is 5. The lowest BCUT2D eigenvalue weighted by atomic mass is 10.3. The molecule has 0 atom stereocenters. The number of benzene rings is 1. The molecule has 0 bridgehead atoms. The van der Waals surface area contributed by atoms with Gasteiger partial charge in [-0.3, -0.25) is 4.79 Å². The predicted octanol–water partition coefficient (Wildman–Crippen LogP) is 4.99. The van der Waals surface area contributed by atoms with Crippen molar-refractivity contribution in [1.29, 1.82) is 0 Å². The molecule has 5 nitrogen and oxygen atoms in total. The number of carbonyl (C=O) groups excluding carboxylic acids is 1. The smallest absolute Gasteiger partial charge is 0.234 e. The molecule has 0 aliphatic rings. The number of amides is 1. The Kier molecular flexibility index (Phi) is 5.15. The van der Waals surface area contributed by atoms with Gasteiger partial charge in [0.25, 0.3) is 0 Å². The average molecular weight is 417 g/mol. The molecule has 136 valence electrons. The van der Waals surface area contributed by atoms with Gasteiger partial charge >= 0.3 is 0 Å². The summed E-state index contributed by atoms with van der Waals surface area (Å²) in [6.45, 7) is 1.93. The van der Waals surface area contributed by atoms with Crippen molar-refractivity contribution in [2.45, 2.75) is 11.9 Å². The Balaban J connectivity index is 1.55. The Morgan fingerprint density at radius 2 is 2.07 bits per heavy atom. The van der Waals surface area contributed by atoms with Crippen LogP contribution >= 0.6 is 34.4 Å². The maximum Gasteiger partial charge on any atom is 0.234 e. The first-order chi connectivity index (χ1) is 13.1. The van der Waals surface area contributed by atoms with E-state index in [0.717, 1.165) is 25.8 Å². The Morgan fingerprint density at radius 1 is 1.22 bits per heavy atom. The molecule has 3 aromatic heterocycles. The Labute approximate surface area is 166 Å². The first kappa shape index (κ1) is 18.0. The molecule has 0 saturated carbocycles. The van der Waals surface area contributed by atoms with Crippen LogP contribution in [0.3, 0.4) is 0 Å². The summed E-state index contributed by atoms with van der Waals surface area (Å²) in [4.78, 5) is 17.8. The van der Waals surface area contributed by atoms with E-state index < -0.39 is 5.82 Å². The van der Waals surface area contributed by atoms with E-state index in [1.807, 2.05) is 24.4 Å². The fourth-order valence-electron chi connectivity index (χ4n) is 2.48. The van der Waals surface area contributed by atoms with Crippen LogP contribution in [0.1, 0.15) is 5.01 Å². The van der Waals surface area contributed by atoms with Gasteiger partial charge in [0.15, 0.2) is 0 Å². The largest absolute Gasteiger partial charge is 0.323 e. The van der Waals surface area contributed by atoms with Gasteiger partial charge in [-0.1, -0.05) is 30.0 Å². The number of nitrogens with zero attached hydrogens (tertiary/aromatic N) is 3. The zero-order valence-corrected chi connectivity index (χ0v) is 16.6. The van der Waals surface area contributed by atoms with Crippen LogP contribution in [0.4, 0.5) is 10.1 Å². The maximum atomic E-state index is 13.7. The molecule has 4 aromatic rings. The number of thiophene rings is 1. The summed E-state index contributed by atoms with van der Waals surface area (Å²) in [6, 6.07) is 10.0. The van der Waals surface area contributed by atoms with Gasteiger partial charge in [0.2, 0.25) is 5.91 Å². The third-order valence-electron chi connectivity index (χ3n) is 3.64. The lowest BCUT2D eigenvalue weighted by Crippen LogP contribution is -2.15. The number of para-hydroxylation sites is 1. The number of hydrogen-bond donors (Lipinski definition) is 1. The second kappa shape index (κ2) is 7.71. The minimum atomic E-state index is -0.464. The Morgan fingerprint density at radius 3 is 2.85 bits per heavy atom. The van der Waals surface area contributed by atoms with Crippen LogP contribution in [0.2, 0.25) is 0 Å². The van der Waals surface area contributed by atoms with Crippen molar-refractivity contribution < 1.29 is 9.18 Å². The van der Waals surface area contributed by atoms with Crippen molar-refractivity contribution in [3.63, 3.8) is 0 Å². The number of anilines is 1. The zero-order chi connectivity index (χ0) is 18.8. The first-order valence-corrected chi connectivity index (χ1v) is 10.6. The van der Waals surface area contributed by atoms with E-state index in [9.17, 15) is 9.18 Å².